The van der Waals surface area contributed by atoms with Crippen molar-refractivity contribution >= 4 is 55.0 Å². The van der Waals surface area contributed by atoms with E-state index >= 15 is 0 Å². The summed E-state index contributed by atoms with van der Waals surface area (Å²) < 4.78 is 45.3. The summed E-state index contributed by atoms with van der Waals surface area (Å²) in [7, 11) is -2.43. The molecule has 0 N–H and O–H groups in total. The summed E-state index contributed by atoms with van der Waals surface area (Å²) in [6, 6.07) is 9.59. The number of ether oxygens (including phenoxy) is 1. The van der Waals surface area contributed by atoms with Crippen LogP contribution in [-0.4, -0.2) is 49.7 Å². The summed E-state index contributed by atoms with van der Waals surface area (Å²) in [4.78, 5) is 28.9. The van der Waals surface area contributed by atoms with E-state index in [2.05, 4.69) is 4.99 Å². The summed E-state index contributed by atoms with van der Waals surface area (Å²) in [6.45, 7) is 0.596. The van der Waals surface area contributed by atoms with Gasteiger partial charge in [0.25, 0.3) is 0 Å². The molecule has 3 rings (SSSR count). The predicted molar refractivity (Wildman–Crippen MR) is 123 cm³/mol. The van der Waals surface area contributed by atoms with Crippen LogP contribution in [0.1, 0.15) is 16.8 Å². The second-order valence-electron chi connectivity index (χ2n) is 6.73. The molecule has 3 aromatic rings. The number of hydrogen-bond acceptors (Lipinski definition) is 7. The monoisotopic (exact) mass is 496 g/mol. The Bertz CT molecular complexity index is 1310. The molecule has 7 nitrogen and oxygen atoms in total. The normalized spacial score (nSPS) is 12.3. The van der Waals surface area contributed by atoms with Gasteiger partial charge < -0.3 is 9.30 Å². The number of benzene rings is 2. The minimum Gasteiger partial charge on any atom is -0.465 e. The van der Waals surface area contributed by atoms with Gasteiger partial charge in [-0.3, -0.25) is 4.79 Å². The predicted octanol–water partition coefficient (Wildman–Crippen LogP) is 3.28. The molecular weight excluding hydrogens is 475 g/mol. The van der Waals surface area contributed by atoms with Crippen molar-refractivity contribution < 1.29 is 27.1 Å². The van der Waals surface area contributed by atoms with Gasteiger partial charge in [-0.05, 0) is 48.7 Å². The smallest absolute Gasteiger partial charge is 0.337 e. The summed E-state index contributed by atoms with van der Waals surface area (Å²) in [5, 5.41) is 0. The number of nitrogens with zero attached hydrogens (tertiary/aromatic N) is 2. The third-order valence-corrected chi connectivity index (χ3v) is 7.96. The summed E-state index contributed by atoms with van der Waals surface area (Å²) in [5.41, 5.74) is 1.21. The summed E-state index contributed by atoms with van der Waals surface area (Å²) in [6.07, 6.45) is 1.66. The van der Waals surface area contributed by atoms with E-state index < -0.39 is 33.3 Å². The van der Waals surface area contributed by atoms with Crippen molar-refractivity contribution in [3.63, 3.8) is 0 Å². The summed E-state index contributed by atoms with van der Waals surface area (Å²) in [5.74, 6) is -1.22. The van der Waals surface area contributed by atoms with Crippen molar-refractivity contribution in [2.45, 2.75) is 17.9 Å². The third-order valence-electron chi connectivity index (χ3n) is 4.60. The van der Waals surface area contributed by atoms with E-state index in [0.29, 0.717) is 16.9 Å². The molecule has 1 aromatic heterocycles. The number of halogens is 1. The molecule has 0 saturated carbocycles. The Labute approximate surface area is 192 Å². The number of aryl methyl sites for hydroxylation is 1. The van der Waals surface area contributed by atoms with Crippen LogP contribution < -0.4 is 4.80 Å². The van der Waals surface area contributed by atoms with Crippen LogP contribution in [0.3, 0.4) is 0 Å². The zero-order valence-electron chi connectivity index (χ0n) is 17.4. The van der Waals surface area contributed by atoms with E-state index in [1.165, 1.54) is 30.6 Å². The van der Waals surface area contributed by atoms with Crippen molar-refractivity contribution in [3.8, 4) is 0 Å². The van der Waals surface area contributed by atoms with Crippen LogP contribution in [0.15, 0.2) is 52.4 Å². The first-order valence-corrected chi connectivity index (χ1v) is 13.4. The molecule has 32 heavy (non-hydrogen) atoms. The van der Waals surface area contributed by atoms with Crippen molar-refractivity contribution in [2.24, 2.45) is 4.99 Å². The van der Waals surface area contributed by atoms with Crippen molar-refractivity contribution in [1.29, 1.82) is 0 Å². The molecule has 0 atom stereocenters. The minimum atomic E-state index is -3.74. The highest BCUT2D eigenvalue weighted by Gasteiger charge is 2.17. The Kier molecular flexibility index (Phi) is 7.86. The number of carbonyl (C=O) groups is 2. The van der Waals surface area contributed by atoms with Gasteiger partial charge in [-0.1, -0.05) is 11.3 Å². The first kappa shape index (κ1) is 24.1. The lowest BCUT2D eigenvalue weighted by Crippen LogP contribution is -2.19. The number of sulfone groups is 1. The van der Waals surface area contributed by atoms with Gasteiger partial charge in [-0.25, -0.2) is 17.6 Å². The highest BCUT2D eigenvalue weighted by atomic mass is 32.2. The fraction of sp³-hybridized carbons (Fsp3) is 0.286. The van der Waals surface area contributed by atoms with E-state index in [1.54, 1.807) is 30.0 Å². The van der Waals surface area contributed by atoms with E-state index in [0.717, 1.165) is 28.1 Å². The molecule has 11 heteroatoms. The maximum absolute atomic E-state index is 13.0. The molecule has 0 bridgehead atoms. The molecule has 1 heterocycles. The Balaban J connectivity index is 1.88. The van der Waals surface area contributed by atoms with Crippen LogP contribution in [-0.2, 0) is 25.9 Å². The average Bonchev–Trinajstić information content (AvgIpc) is 3.12. The molecule has 0 spiro atoms. The lowest BCUT2D eigenvalue weighted by Gasteiger charge is -2.05. The van der Waals surface area contributed by atoms with Gasteiger partial charge in [0, 0.05) is 18.7 Å². The fourth-order valence-corrected chi connectivity index (χ4v) is 5.65. The number of fused-ring (bicyclic) bond motifs is 1. The van der Waals surface area contributed by atoms with Gasteiger partial charge in [0.1, 0.15) is 5.82 Å². The topological polar surface area (TPSA) is 94.8 Å². The average molecular weight is 497 g/mol. The Morgan fingerprint density at radius 3 is 2.56 bits per heavy atom. The zero-order valence-corrected chi connectivity index (χ0v) is 19.9. The zero-order chi connectivity index (χ0) is 23.3. The number of thioether (sulfide) groups is 1. The highest BCUT2D eigenvalue weighted by molar-refractivity contribution is 7.98. The summed E-state index contributed by atoms with van der Waals surface area (Å²) >= 11 is 2.88. The first-order valence-electron chi connectivity index (χ1n) is 9.51. The maximum atomic E-state index is 13.0. The van der Waals surface area contributed by atoms with Crippen LogP contribution >= 0.6 is 23.1 Å². The molecule has 0 saturated heterocycles. The lowest BCUT2D eigenvalue weighted by atomic mass is 10.2. The van der Waals surface area contributed by atoms with Crippen molar-refractivity contribution in [3.05, 3.63) is 58.6 Å². The number of methoxy groups -OCH3 is 1. The first-order chi connectivity index (χ1) is 15.2. The second-order valence-corrected chi connectivity index (χ2v) is 10.8. The standard InChI is InChI=1S/C21H21FN2O5S3/c1-29-20(26)14-3-8-17-18(13-14)31-21(24(17)10-11-30-2)23-19(25)9-12-32(27,28)16-6-4-15(22)5-7-16/h3-8,13H,9-12H2,1-2H3. The molecule has 1 amide bonds. The number of carbonyl (C=O) groups excluding carboxylic acids is 2. The molecule has 0 fully saturated rings. The maximum Gasteiger partial charge on any atom is 0.337 e. The van der Waals surface area contributed by atoms with Gasteiger partial charge in [0.15, 0.2) is 14.6 Å². The van der Waals surface area contributed by atoms with Gasteiger partial charge in [-0.15, -0.1) is 0 Å². The van der Waals surface area contributed by atoms with E-state index in [1.807, 2.05) is 10.8 Å². The number of aromatic nitrogens is 1. The minimum absolute atomic E-state index is 0.0427. The van der Waals surface area contributed by atoms with Crippen LogP contribution in [0.2, 0.25) is 0 Å². The van der Waals surface area contributed by atoms with E-state index in [4.69, 9.17) is 4.74 Å². The molecular formula is C21H21FN2O5S3. The highest BCUT2D eigenvalue weighted by Crippen LogP contribution is 2.20. The Morgan fingerprint density at radius 1 is 1.19 bits per heavy atom. The quantitative estimate of drug-likeness (QED) is 0.351. The fourth-order valence-electron chi connectivity index (χ4n) is 2.95. The third kappa shape index (κ3) is 5.64. The largest absolute Gasteiger partial charge is 0.465 e. The van der Waals surface area contributed by atoms with Gasteiger partial charge in [-0.2, -0.15) is 16.8 Å². The molecule has 2 aromatic carbocycles. The number of esters is 1. The van der Waals surface area contributed by atoms with Crippen molar-refractivity contribution in [1.82, 2.24) is 4.57 Å². The Hall–Kier alpha value is -2.50. The number of hydrogen-bond donors (Lipinski definition) is 0. The van der Waals surface area contributed by atoms with Crippen LogP contribution in [0.5, 0.6) is 0 Å². The molecule has 170 valence electrons. The van der Waals surface area contributed by atoms with E-state index in [9.17, 15) is 22.4 Å². The molecule has 0 aliphatic rings. The SMILES string of the molecule is COC(=O)c1ccc2c(c1)sc(=NC(=O)CCS(=O)(=O)c1ccc(F)cc1)n2CCSC. The molecule has 0 aliphatic carbocycles. The Morgan fingerprint density at radius 2 is 1.91 bits per heavy atom. The van der Waals surface area contributed by atoms with Gasteiger partial charge >= 0.3 is 5.97 Å². The molecule has 0 aliphatic heterocycles. The van der Waals surface area contributed by atoms with Crippen molar-refractivity contribution in [2.75, 3.05) is 24.9 Å². The molecule has 0 unspecified atom stereocenters. The molecule has 0 radical (unpaired) electrons. The number of thiazole rings is 1. The van der Waals surface area contributed by atoms with E-state index in [-0.39, 0.29) is 11.3 Å². The van der Waals surface area contributed by atoms with Gasteiger partial charge in [0.05, 0.1) is 33.5 Å². The lowest BCUT2D eigenvalue weighted by molar-refractivity contribution is -0.117. The second kappa shape index (κ2) is 10.4. The van der Waals surface area contributed by atoms with Crippen LogP contribution in [0, 0.1) is 5.82 Å². The van der Waals surface area contributed by atoms with Crippen LogP contribution in [0.25, 0.3) is 10.2 Å². The number of rotatable bonds is 8. The van der Waals surface area contributed by atoms with Crippen LogP contribution in [0.4, 0.5) is 4.39 Å². The number of amides is 1. The van der Waals surface area contributed by atoms with Gasteiger partial charge in [0.2, 0.25) is 5.91 Å².